The maximum Gasteiger partial charge on any atom is 0.221 e. The Morgan fingerprint density at radius 1 is 1.33 bits per heavy atom. The molecule has 0 radical (unpaired) electrons. The molecule has 0 saturated heterocycles. The van der Waals surface area contributed by atoms with E-state index in [2.05, 4.69) is 45.3 Å². The van der Waals surface area contributed by atoms with Gasteiger partial charge in [-0.2, -0.15) is 5.10 Å². The molecule has 1 aliphatic heterocycles. The van der Waals surface area contributed by atoms with Crippen LogP contribution < -0.4 is 10.7 Å². The van der Waals surface area contributed by atoms with E-state index in [1.807, 2.05) is 24.3 Å². The van der Waals surface area contributed by atoms with Gasteiger partial charge < -0.3 is 9.88 Å². The van der Waals surface area contributed by atoms with Crippen LogP contribution >= 0.6 is 11.8 Å². The maximum absolute atomic E-state index is 11.2. The van der Waals surface area contributed by atoms with Gasteiger partial charge in [-0.15, -0.1) is 0 Å². The number of nitrogens with one attached hydrogen (secondary N) is 2. The van der Waals surface area contributed by atoms with Gasteiger partial charge in [-0.25, -0.2) is 4.99 Å². The second-order valence-electron chi connectivity index (χ2n) is 6.99. The first kappa shape index (κ1) is 17.9. The van der Waals surface area contributed by atoms with Crippen LogP contribution in [-0.4, -0.2) is 27.1 Å². The Bertz CT molecular complexity index is 955. The van der Waals surface area contributed by atoms with E-state index in [-0.39, 0.29) is 5.91 Å². The number of aliphatic imine (C=N–C) groups is 1. The molecule has 1 fully saturated rings. The number of anilines is 1. The molecule has 0 atom stereocenters. The Balaban J connectivity index is 1.51. The highest BCUT2D eigenvalue weighted by atomic mass is 32.2. The number of hydrogen-bond acceptors (Lipinski definition) is 4. The van der Waals surface area contributed by atoms with Crippen LogP contribution in [0.2, 0.25) is 0 Å². The summed E-state index contributed by atoms with van der Waals surface area (Å²) in [7, 11) is 0. The minimum atomic E-state index is -0.0944. The largest absolute Gasteiger partial charge is 0.345 e. The number of amides is 1. The molecule has 2 aromatic rings. The Morgan fingerprint density at radius 3 is 2.81 bits per heavy atom. The number of carbonyl (C=O) groups is 1. The molecule has 1 amide bonds. The number of carbonyl (C=O) groups excluding carboxylic acids is 1. The molecule has 0 spiro atoms. The second kappa shape index (κ2) is 7.23. The third-order valence-corrected chi connectivity index (χ3v) is 5.61. The van der Waals surface area contributed by atoms with Crippen LogP contribution in [0.4, 0.5) is 11.4 Å². The molecule has 2 aliphatic rings. The summed E-state index contributed by atoms with van der Waals surface area (Å²) in [5.41, 5.74) is 9.50. The molecule has 7 heteroatoms. The molecular formula is C20H23N5OS. The first-order chi connectivity index (χ1) is 13.0. The number of aryl methyl sites for hydroxylation is 1. The van der Waals surface area contributed by atoms with Crippen LogP contribution in [0.3, 0.4) is 0 Å². The molecule has 4 rings (SSSR count). The van der Waals surface area contributed by atoms with Crippen LogP contribution in [0.15, 0.2) is 40.4 Å². The molecule has 0 bridgehead atoms. The summed E-state index contributed by atoms with van der Waals surface area (Å²) in [6.07, 6.45) is 2.56. The fraction of sp³-hybridized carbons (Fsp3) is 0.350. The average Bonchev–Trinajstić information content (AvgIpc) is 3.41. The standard InChI is InChI=1S/C20H23N5OS/c1-12-9-18(13(2)25(12)17-7-8-17)19-11-27-20(24-23-19)22-16-6-4-5-15(10-16)21-14(3)26/h4-6,9-10,17H,7-8,11H2,1-3H3,(H,21,26)(H,22,24). The van der Waals surface area contributed by atoms with Crippen molar-refractivity contribution >= 4 is 39.9 Å². The minimum absolute atomic E-state index is 0.0944. The van der Waals surface area contributed by atoms with Crippen molar-refractivity contribution in [2.75, 3.05) is 11.1 Å². The summed E-state index contributed by atoms with van der Waals surface area (Å²) in [5.74, 6) is 0.689. The number of thioether (sulfide) groups is 1. The van der Waals surface area contributed by atoms with Gasteiger partial charge in [-0.05, 0) is 51.0 Å². The van der Waals surface area contributed by atoms with Crippen molar-refractivity contribution < 1.29 is 4.79 Å². The lowest BCUT2D eigenvalue weighted by atomic mass is 10.1. The molecule has 0 unspecified atom stereocenters. The van der Waals surface area contributed by atoms with E-state index in [0.717, 1.165) is 28.0 Å². The van der Waals surface area contributed by atoms with Gasteiger partial charge in [0.2, 0.25) is 5.91 Å². The summed E-state index contributed by atoms with van der Waals surface area (Å²) in [6.45, 7) is 5.85. The Kier molecular flexibility index (Phi) is 4.78. The zero-order valence-electron chi connectivity index (χ0n) is 15.7. The van der Waals surface area contributed by atoms with Crippen molar-refractivity contribution in [1.29, 1.82) is 0 Å². The summed E-state index contributed by atoms with van der Waals surface area (Å²) >= 11 is 1.64. The molecule has 2 N–H and O–H groups in total. The van der Waals surface area contributed by atoms with Gasteiger partial charge in [-0.3, -0.25) is 10.2 Å². The van der Waals surface area contributed by atoms with E-state index in [0.29, 0.717) is 6.04 Å². The number of rotatable bonds is 4. The lowest BCUT2D eigenvalue weighted by Gasteiger charge is -2.15. The highest BCUT2D eigenvalue weighted by Crippen LogP contribution is 2.38. The molecule has 2 heterocycles. The first-order valence-corrected chi connectivity index (χ1v) is 10.1. The predicted octanol–water partition coefficient (Wildman–Crippen LogP) is 4.13. The lowest BCUT2D eigenvalue weighted by Crippen LogP contribution is -2.25. The Morgan fingerprint density at radius 2 is 2.15 bits per heavy atom. The zero-order valence-corrected chi connectivity index (χ0v) is 16.6. The number of aromatic nitrogens is 1. The van der Waals surface area contributed by atoms with Crippen molar-refractivity contribution in [2.24, 2.45) is 10.1 Å². The van der Waals surface area contributed by atoms with Crippen molar-refractivity contribution in [3.8, 4) is 0 Å². The second-order valence-corrected chi connectivity index (χ2v) is 7.96. The maximum atomic E-state index is 11.2. The van der Waals surface area contributed by atoms with E-state index < -0.39 is 0 Å². The average molecular weight is 382 g/mol. The van der Waals surface area contributed by atoms with Gasteiger partial charge in [0, 0.05) is 41.4 Å². The van der Waals surface area contributed by atoms with Crippen molar-refractivity contribution in [1.82, 2.24) is 9.99 Å². The van der Waals surface area contributed by atoms with E-state index >= 15 is 0 Å². The molecule has 1 aromatic carbocycles. The van der Waals surface area contributed by atoms with E-state index in [1.54, 1.807) is 11.8 Å². The van der Waals surface area contributed by atoms with Gasteiger partial charge in [0.15, 0.2) is 5.17 Å². The highest BCUT2D eigenvalue weighted by molar-refractivity contribution is 8.14. The Hall–Kier alpha value is -2.54. The van der Waals surface area contributed by atoms with Gasteiger partial charge in [-0.1, -0.05) is 17.8 Å². The topological polar surface area (TPSA) is 70.8 Å². The third-order valence-electron chi connectivity index (χ3n) is 4.74. The third kappa shape index (κ3) is 3.93. The summed E-state index contributed by atoms with van der Waals surface area (Å²) in [4.78, 5) is 15.8. The van der Waals surface area contributed by atoms with Gasteiger partial charge in [0.25, 0.3) is 0 Å². The van der Waals surface area contributed by atoms with Gasteiger partial charge >= 0.3 is 0 Å². The number of amidine groups is 1. The SMILES string of the molecule is CC(=O)Nc1cccc(N=C2NN=C(c3cc(C)n(C4CC4)c3C)CS2)c1. The molecular weight excluding hydrogens is 358 g/mol. The fourth-order valence-corrected chi connectivity index (χ4v) is 4.22. The van der Waals surface area contributed by atoms with Crippen LogP contribution in [-0.2, 0) is 4.79 Å². The van der Waals surface area contributed by atoms with E-state index in [9.17, 15) is 4.79 Å². The molecule has 1 saturated carbocycles. The van der Waals surface area contributed by atoms with Crippen LogP contribution in [0.5, 0.6) is 0 Å². The monoisotopic (exact) mass is 381 g/mol. The lowest BCUT2D eigenvalue weighted by molar-refractivity contribution is -0.114. The van der Waals surface area contributed by atoms with Crippen LogP contribution in [0.25, 0.3) is 0 Å². The predicted molar refractivity (Wildman–Crippen MR) is 112 cm³/mol. The fourth-order valence-electron chi connectivity index (χ4n) is 3.45. The van der Waals surface area contributed by atoms with Gasteiger partial charge in [0.05, 0.1) is 11.4 Å². The normalized spacial score (nSPS) is 18.2. The number of benzene rings is 1. The first-order valence-electron chi connectivity index (χ1n) is 9.12. The van der Waals surface area contributed by atoms with Crippen molar-refractivity contribution in [3.63, 3.8) is 0 Å². The van der Waals surface area contributed by atoms with Gasteiger partial charge in [0.1, 0.15) is 0 Å². The quantitative estimate of drug-likeness (QED) is 0.837. The minimum Gasteiger partial charge on any atom is -0.345 e. The number of nitrogens with zero attached hydrogens (tertiary/aromatic N) is 3. The van der Waals surface area contributed by atoms with Crippen molar-refractivity contribution in [2.45, 2.75) is 39.7 Å². The number of hydrazone groups is 1. The molecule has 140 valence electrons. The molecule has 6 nitrogen and oxygen atoms in total. The Labute approximate surface area is 163 Å². The van der Waals surface area contributed by atoms with E-state index in [1.165, 1.54) is 36.7 Å². The van der Waals surface area contributed by atoms with Crippen molar-refractivity contribution in [3.05, 3.63) is 47.3 Å². The highest BCUT2D eigenvalue weighted by Gasteiger charge is 2.28. The zero-order chi connectivity index (χ0) is 19.0. The molecule has 27 heavy (non-hydrogen) atoms. The number of hydrogen-bond donors (Lipinski definition) is 2. The molecule has 1 aromatic heterocycles. The van der Waals surface area contributed by atoms with Crippen LogP contribution in [0.1, 0.15) is 42.8 Å². The van der Waals surface area contributed by atoms with Crippen LogP contribution in [0, 0.1) is 13.8 Å². The summed E-state index contributed by atoms with van der Waals surface area (Å²) in [5, 5.41) is 8.11. The van der Waals surface area contributed by atoms with E-state index in [4.69, 9.17) is 0 Å². The summed E-state index contributed by atoms with van der Waals surface area (Å²) in [6, 6.07) is 10.4. The summed E-state index contributed by atoms with van der Waals surface area (Å²) < 4.78 is 2.44. The smallest absolute Gasteiger partial charge is 0.221 e. The molecule has 1 aliphatic carbocycles.